The molecule has 4 heteroatoms. The van der Waals surface area contributed by atoms with E-state index in [1.54, 1.807) is 18.4 Å². The molecule has 0 aliphatic heterocycles. The summed E-state index contributed by atoms with van der Waals surface area (Å²) < 4.78 is 5.33. The molecule has 2 aromatic rings. The number of methoxy groups -OCH3 is 1. The summed E-state index contributed by atoms with van der Waals surface area (Å²) in [5.74, 6) is 0.960. The number of aromatic nitrogens is 1. The average Bonchev–Trinajstić information content (AvgIpc) is 3.00. The summed E-state index contributed by atoms with van der Waals surface area (Å²) >= 11 is 1.76. The molecule has 0 saturated carbocycles. The second-order valence-corrected chi connectivity index (χ2v) is 6.48. The lowest BCUT2D eigenvalue weighted by molar-refractivity contribution is 0.411. The predicted molar refractivity (Wildman–Crippen MR) is 87.1 cm³/mol. The Morgan fingerprint density at radius 3 is 3.05 bits per heavy atom. The molecule has 112 valence electrons. The van der Waals surface area contributed by atoms with Gasteiger partial charge in [-0.15, -0.1) is 11.3 Å². The van der Waals surface area contributed by atoms with E-state index in [-0.39, 0.29) is 0 Å². The normalized spacial score (nSPS) is 17.5. The van der Waals surface area contributed by atoms with Crippen molar-refractivity contribution in [3.63, 3.8) is 0 Å². The number of hydrogen-bond acceptors (Lipinski definition) is 4. The fourth-order valence-corrected chi connectivity index (χ4v) is 3.69. The molecule has 1 N–H and O–H groups in total. The first-order chi connectivity index (χ1) is 10.3. The molecule has 1 unspecified atom stereocenters. The molecule has 1 aliphatic rings. The van der Waals surface area contributed by atoms with E-state index in [9.17, 15) is 0 Å². The van der Waals surface area contributed by atoms with E-state index < -0.39 is 0 Å². The fraction of sp³-hybridized carbons (Fsp3) is 0.471. The van der Waals surface area contributed by atoms with Gasteiger partial charge >= 0.3 is 0 Å². The molecular formula is C17H22N2OS. The molecule has 0 fully saturated rings. The molecule has 1 atom stereocenters. The quantitative estimate of drug-likeness (QED) is 0.919. The first-order valence-electron chi connectivity index (χ1n) is 7.61. The molecule has 0 spiro atoms. The number of ether oxygens (including phenoxy) is 1. The Bertz CT molecular complexity index is 609. The van der Waals surface area contributed by atoms with Crippen LogP contribution in [-0.4, -0.2) is 18.1 Å². The third kappa shape index (κ3) is 3.44. The lowest BCUT2D eigenvalue weighted by atomic mass is 9.88. The number of thiazole rings is 1. The summed E-state index contributed by atoms with van der Waals surface area (Å²) in [4.78, 5) is 4.62. The monoisotopic (exact) mass is 302 g/mol. The van der Waals surface area contributed by atoms with Crippen molar-refractivity contribution in [3.05, 3.63) is 45.4 Å². The fourth-order valence-electron chi connectivity index (χ4n) is 2.86. The molecule has 1 aromatic carbocycles. The Labute approximate surface area is 130 Å². The molecule has 1 aromatic heterocycles. The Kier molecular flexibility index (Phi) is 4.56. The van der Waals surface area contributed by atoms with Crippen LogP contribution in [0.15, 0.2) is 23.6 Å². The van der Waals surface area contributed by atoms with Gasteiger partial charge in [0, 0.05) is 18.0 Å². The number of aryl methyl sites for hydroxylation is 2. The Balaban J connectivity index is 1.60. The van der Waals surface area contributed by atoms with Gasteiger partial charge < -0.3 is 10.1 Å². The van der Waals surface area contributed by atoms with Crippen molar-refractivity contribution in [1.29, 1.82) is 0 Å². The van der Waals surface area contributed by atoms with E-state index in [0.717, 1.165) is 31.6 Å². The summed E-state index contributed by atoms with van der Waals surface area (Å²) in [5.41, 5.74) is 4.10. The van der Waals surface area contributed by atoms with Crippen molar-refractivity contribution in [1.82, 2.24) is 10.3 Å². The van der Waals surface area contributed by atoms with Crippen molar-refractivity contribution in [2.75, 3.05) is 7.11 Å². The number of rotatable bonds is 5. The third-order valence-electron chi connectivity index (χ3n) is 4.15. The summed E-state index contributed by atoms with van der Waals surface area (Å²) in [6, 6.07) is 6.99. The van der Waals surface area contributed by atoms with E-state index in [1.807, 2.05) is 0 Å². The van der Waals surface area contributed by atoms with E-state index in [0.29, 0.717) is 6.04 Å². The van der Waals surface area contributed by atoms with Crippen molar-refractivity contribution in [2.45, 2.75) is 45.2 Å². The van der Waals surface area contributed by atoms with Gasteiger partial charge in [-0.3, -0.25) is 0 Å². The maximum absolute atomic E-state index is 5.33. The van der Waals surface area contributed by atoms with E-state index in [1.165, 1.54) is 28.2 Å². The standard InChI is InChI=1S/C17H22N2OS/c1-3-14-11-21-17(19-14)10-18-15-6-4-12-5-7-16(20-2)9-13(12)8-15/h5,7,9,11,15,18H,3-4,6,8,10H2,1-2H3. The highest BCUT2D eigenvalue weighted by Crippen LogP contribution is 2.25. The van der Waals surface area contributed by atoms with Crippen LogP contribution in [0.1, 0.15) is 35.2 Å². The van der Waals surface area contributed by atoms with Gasteiger partial charge in [-0.1, -0.05) is 13.0 Å². The third-order valence-corrected chi connectivity index (χ3v) is 5.04. The number of nitrogens with zero attached hydrogens (tertiary/aromatic N) is 1. The maximum Gasteiger partial charge on any atom is 0.119 e. The molecule has 0 radical (unpaired) electrons. The van der Waals surface area contributed by atoms with Gasteiger partial charge in [0.25, 0.3) is 0 Å². The Morgan fingerprint density at radius 2 is 2.29 bits per heavy atom. The van der Waals surface area contributed by atoms with E-state index in [4.69, 9.17) is 4.74 Å². The largest absolute Gasteiger partial charge is 0.497 e. The van der Waals surface area contributed by atoms with Crippen LogP contribution in [0.25, 0.3) is 0 Å². The first kappa shape index (κ1) is 14.5. The highest BCUT2D eigenvalue weighted by Gasteiger charge is 2.19. The number of hydrogen-bond donors (Lipinski definition) is 1. The van der Waals surface area contributed by atoms with Gasteiger partial charge in [0.1, 0.15) is 10.8 Å². The van der Waals surface area contributed by atoms with Gasteiger partial charge in [-0.2, -0.15) is 0 Å². The highest BCUT2D eigenvalue weighted by molar-refractivity contribution is 7.09. The molecule has 1 heterocycles. The molecule has 3 rings (SSSR count). The topological polar surface area (TPSA) is 34.1 Å². The Hall–Kier alpha value is -1.39. The van der Waals surface area contributed by atoms with Crippen LogP contribution in [0, 0.1) is 0 Å². The number of benzene rings is 1. The first-order valence-corrected chi connectivity index (χ1v) is 8.49. The minimum Gasteiger partial charge on any atom is -0.497 e. The molecular weight excluding hydrogens is 280 g/mol. The van der Waals surface area contributed by atoms with Crippen LogP contribution in [0.5, 0.6) is 5.75 Å². The van der Waals surface area contributed by atoms with Gasteiger partial charge in [0.2, 0.25) is 0 Å². The summed E-state index contributed by atoms with van der Waals surface area (Å²) in [6.07, 6.45) is 4.45. The molecule has 3 nitrogen and oxygen atoms in total. The zero-order chi connectivity index (χ0) is 14.7. The predicted octanol–water partition coefficient (Wildman–Crippen LogP) is 3.36. The Morgan fingerprint density at radius 1 is 1.38 bits per heavy atom. The lowest BCUT2D eigenvalue weighted by Gasteiger charge is -2.25. The van der Waals surface area contributed by atoms with E-state index >= 15 is 0 Å². The van der Waals surface area contributed by atoms with Crippen LogP contribution in [0.2, 0.25) is 0 Å². The van der Waals surface area contributed by atoms with Gasteiger partial charge in [-0.25, -0.2) is 4.98 Å². The van der Waals surface area contributed by atoms with Crippen LogP contribution in [-0.2, 0) is 25.8 Å². The number of nitrogens with one attached hydrogen (secondary N) is 1. The van der Waals surface area contributed by atoms with Crippen LogP contribution in [0.3, 0.4) is 0 Å². The van der Waals surface area contributed by atoms with Crippen molar-refractivity contribution in [2.24, 2.45) is 0 Å². The molecule has 21 heavy (non-hydrogen) atoms. The smallest absolute Gasteiger partial charge is 0.119 e. The average molecular weight is 302 g/mol. The van der Waals surface area contributed by atoms with Crippen LogP contribution in [0.4, 0.5) is 0 Å². The lowest BCUT2D eigenvalue weighted by Crippen LogP contribution is -2.34. The minimum atomic E-state index is 0.540. The summed E-state index contributed by atoms with van der Waals surface area (Å²) in [7, 11) is 1.73. The zero-order valence-corrected chi connectivity index (χ0v) is 13.5. The highest BCUT2D eigenvalue weighted by atomic mass is 32.1. The van der Waals surface area contributed by atoms with Crippen LogP contribution < -0.4 is 10.1 Å². The molecule has 1 aliphatic carbocycles. The van der Waals surface area contributed by atoms with Gasteiger partial charge in [0.15, 0.2) is 0 Å². The second-order valence-electron chi connectivity index (χ2n) is 5.54. The van der Waals surface area contributed by atoms with Crippen molar-refractivity contribution < 1.29 is 4.74 Å². The molecule has 0 bridgehead atoms. The zero-order valence-electron chi connectivity index (χ0n) is 12.7. The summed E-state index contributed by atoms with van der Waals surface area (Å²) in [5, 5.41) is 7.02. The molecule has 0 amide bonds. The van der Waals surface area contributed by atoms with Gasteiger partial charge in [0.05, 0.1) is 12.8 Å². The minimum absolute atomic E-state index is 0.540. The maximum atomic E-state index is 5.33. The van der Waals surface area contributed by atoms with Crippen molar-refractivity contribution in [3.8, 4) is 5.75 Å². The second kappa shape index (κ2) is 6.58. The van der Waals surface area contributed by atoms with Gasteiger partial charge in [-0.05, 0) is 48.9 Å². The summed E-state index contributed by atoms with van der Waals surface area (Å²) in [6.45, 7) is 3.03. The molecule has 0 saturated heterocycles. The SMILES string of the molecule is CCc1csc(CNC2CCc3ccc(OC)cc3C2)n1. The number of fused-ring (bicyclic) bond motifs is 1. The van der Waals surface area contributed by atoms with Crippen molar-refractivity contribution >= 4 is 11.3 Å². The van der Waals surface area contributed by atoms with E-state index in [2.05, 4.69) is 40.8 Å². The van der Waals surface area contributed by atoms with Crippen LogP contribution >= 0.6 is 11.3 Å².